The third kappa shape index (κ3) is 4.18. The molecule has 2 aliphatic rings. The average molecular weight is 318 g/mol. The Morgan fingerprint density at radius 2 is 1.78 bits per heavy atom. The van der Waals surface area contributed by atoms with Crippen molar-refractivity contribution in [3.05, 3.63) is 23.8 Å². The van der Waals surface area contributed by atoms with E-state index in [1.165, 1.54) is 74.3 Å². The number of nitrogens with two attached hydrogens (primary N) is 1. The van der Waals surface area contributed by atoms with Crippen LogP contribution in [0.25, 0.3) is 0 Å². The number of aryl methyl sites for hydroxylation is 1. The number of hydrogen-bond acceptors (Lipinski definition) is 3. The van der Waals surface area contributed by atoms with E-state index in [0.717, 1.165) is 18.8 Å². The largest absolute Gasteiger partial charge is 0.399 e. The Hall–Kier alpha value is -1.26. The van der Waals surface area contributed by atoms with Crippen molar-refractivity contribution < 1.29 is 4.48 Å². The van der Waals surface area contributed by atoms with Crippen molar-refractivity contribution in [2.75, 3.05) is 70.0 Å². The highest BCUT2D eigenvalue weighted by atomic mass is 15.3. The van der Waals surface area contributed by atoms with Crippen LogP contribution in [0, 0.1) is 6.92 Å². The van der Waals surface area contributed by atoms with Gasteiger partial charge in [-0.1, -0.05) is 0 Å². The molecule has 1 aromatic rings. The minimum atomic E-state index is 0.894. The van der Waals surface area contributed by atoms with Gasteiger partial charge < -0.3 is 15.1 Å². The van der Waals surface area contributed by atoms with Gasteiger partial charge in [0.15, 0.2) is 0 Å². The first-order valence-electron chi connectivity index (χ1n) is 9.23. The molecule has 23 heavy (non-hydrogen) atoms. The first-order chi connectivity index (χ1) is 11.1. The van der Waals surface area contributed by atoms with Crippen LogP contribution in [0.1, 0.15) is 24.8 Å². The molecule has 2 aliphatic heterocycles. The van der Waals surface area contributed by atoms with Gasteiger partial charge in [0.25, 0.3) is 0 Å². The molecular formula is C19H33N4+. The zero-order valence-electron chi connectivity index (χ0n) is 14.9. The molecule has 0 aromatic heterocycles. The topological polar surface area (TPSA) is 32.5 Å². The Labute approximate surface area is 141 Å². The highest BCUT2D eigenvalue weighted by Gasteiger charge is 2.26. The first kappa shape index (κ1) is 16.6. The number of nitrogens with zero attached hydrogens (tertiary/aromatic N) is 3. The molecule has 4 nitrogen and oxygen atoms in total. The Kier molecular flexibility index (Phi) is 5.12. The third-order valence-electron chi connectivity index (χ3n) is 5.81. The fraction of sp³-hybridized carbons (Fsp3) is 0.684. The van der Waals surface area contributed by atoms with E-state index in [0.29, 0.717) is 0 Å². The Morgan fingerprint density at radius 1 is 1.09 bits per heavy atom. The summed E-state index contributed by atoms with van der Waals surface area (Å²) in [5, 5.41) is 0. The van der Waals surface area contributed by atoms with Crippen LogP contribution < -0.4 is 10.6 Å². The van der Waals surface area contributed by atoms with Gasteiger partial charge in [-0.25, -0.2) is 0 Å². The number of hydrogen-bond donors (Lipinski definition) is 1. The summed E-state index contributed by atoms with van der Waals surface area (Å²) in [7, 11) is 2.44. The summed E-state index contributed by atoms with van der Waals surface area (Å²) in [5.41, 5.74) is 9.34. The zero-order valence-corrected chi connectivity index (χ0v) is 14.9. The van der Waals surface area contributed by atoms with E-state index < -0.39 is 0 Å². The van der Waals surface area contributed by atoms with E-state index in [1.807, 2.05) is 6.07 Å². The number of benzene rings is 1. The molecule has 2 saturated heterocycles. The number of nitrogen functional groups attached to an aromatic ring is 1. The molecule has 0 bridgehead atoms. The van der Waals surface area contributed by atoms with Crippen molar-refractivity contribution >= 4 is 11.4 Å². The highest BCUT2D eigenvalue weighted by molar-refractivity contribution is 5.58. The maximum absolute atomic E-state index is 5.93. The number of likely N-dealkylation sites (tertiary alicyclic amines) is 1. The molecule has 4 heteroatoms. The van der Waals surface area contributed by atoms with Crippen molar-refractivity contribution in [2.24, 2.45) is 0 Å². The van der Waals surface area contributed by atoms with E-state index in [9.17, 15) is 0 Å². The van der Waals surface area contributed by atoms with E-state index in [2.05, 4.69) is 35.9 Å². The van der Waals surface area contributed by atoms with Crippen LogP contribution in [-0.2, 0) is 0 Å². The maximum atomic E-state index is 5.93. The summed E-state index contributed by atoms with van der Waals surface area (Å²) in [6, 6.07) is 6.43. The monoisotopic (exact) mass is 317 g/mol. The molecular weight excluding hydrogens is 284 g/mol. The second-order valence-electron chi connectivity index (χ2n) is 7.72. The number of piperazine rings is 1. The number of quaternary nitrogens is 1. The summed E-state index contributed by atoms with van der Waals surface area (Å²) in [6.07, 6.45) is 4.20. The normalized spacial score (nSPS) is 21.7. The van der Waals surface area contributed by atoms with E-state index in [4.69, 9.17) is 5.73 Å². The summed E-state index contributed by atoms with van der Waals surface area (Å²) in [4.78, 5) is 5.14. The van der Waals surface area contributed by atoms with Crippen molar-refractivity contribution in [1.29, 1.82) is 0 Å². The summed E-state index contributed by atoms with van der Waals surface area (Å²) >= 11 is 0. The molecule has 2 fully saturated rings. The minimum Gasteiger partial charge on any atom is -0.399 e. The predicted molar refractivity (Wildman–Crippen MR) is 98.9 cm³/mol. The highest BCUT2D eigenvalue weighted by Crippen LogP contribution is 2.22. The van der Waals surface area contributed by atoms with E-state index in [1.54, 1.807) is 0 Å². The molecule has 128 valence electrons. The van der Waals surface area contributed by atoms with E-state index >= 15 is 0 Å². The zero-order chi connectivity index (χ0) is 16.3. The molecule has 2 heterocycles. The SMILES string of the molecule is Cc1cc(N2CCN(CCC[N+]3(C)CCCC3)CC2)ccc1N. The quantitative estimate of drug-likeness (QED) is 0.668. The van der Waals surface area contributed by atoms with Crippen molar-refractivity contribution in [3.8, 4) is 0 Å². The van der Waals surface area contributed by atoms with E-state index in [-0.39, 0.29) is 0 Å². The van der Waals surface area contributed by atoms with Gasteiger partial charge in [-0.3, -0.25) is 4.90 Å². The molecule has 2 N–H and O–H groups in total. The van der Waals surface area contributed by atoms with Crippen LogP contribution in [0.5, 0.6) is 0 Å². The maximum Gasteiger partial charge on any atom is 0.0796 e. The lowest BCUT2D eigenvalue weighted by atomic mass is 10.1. The average Bonchev–Trinajstić information content (AvgIpc) is 2.98. The molecule has 0 unspecified atom stereocenters. The lowest BCUT2D eigenvalue weighted by Gasteiger charge is -2.37. The van der Waals surface area contributed by atoms with Crippen LogP contribution in [0.15, 0.2) is 18.2 Å². The summed E-state index contributed by atoms with van der Waals surface area (Å²) in [6.45, 7) is 12.1. The van der Waals surface area contributed by atoms with Crippen molar-refractivity contribution in [1.82, 2.24) is 4.90 Å². The van der Waals surface area contributed by atoms with Crippen LogP contribution >= 0.6 is 0 Å². The lowest BCUT2D eigenvalue weighted by molar-refractivity contribution is -0.897. The van der Waals surface area contributed by atoms with Gasteiger partial charge in [0.1, 0.15) is 0 Å². The van der Waals surface area contributed by atoms with Gasteiger partial charge in [-0.15, -0.1) is 0 Å². The van der Waals surface area contributed by atoms with Crippen LogP contribution in [0.3, 0.4) is 0 Å². The second-order valence-corrected chi connectivity index (χ2v) is 7.72. The molecule has 1 aromatic carbocycles. The molecule has 0 saturated carbocycles. The Bertz CT molecular complexity index is 514. The smallest absolute Gasteiger partial charge is 0.0796 e. The fourth-order valence-corrected chi connectivity index (χ4v) is 4.08. The predicted octanol–water partition coefficient (Wildman–Crippen LogP) is 2.33. The lowest BCUT2D eigenvalue weighted by Crippen LogP contribution is -2.48. The first-order valence-corrected chi connectivity index (χ1v) is 9.23. The Morgan fingerprint density at radius 3 is 2.43 bits per heavy atom. The summed E-state index contributed by atoms with van der Waals surface area (Å²) < 4.78 is 1.31. The van der Waals surface area contributed by atoms with Gasteiger partial charge in [-0.2, -0.15) is 0 Å². The molecule has 0 spiro atoms. The van der Waals surface area contributed by atoms with Gasteiger partial charge in [-0.05, 0) is 30.7 Å². The summed E-state index contributed by atoms with van der Waals surface area (Å²) in [5.74, 6) is 0. The Balaban J connectivity index is 1.42. The van der Waals surface area contributed by atoms with Gasteiger partial charge in [0.05, 0.1) is 26.7 Å². The van der Waals surface area contributed by atoms with Crippen molar-refractivity contribution in [3.63, 3.8) is 0 Å². The molecule has 3 rings (SSSR count). The van der Waals surface area contributed by atoms with Crippen LogP contribution in [0.2, 0.25) is 0 Å². The minimum absolute atomic E-state index is 0.894. The standard InChI is InChI=1S/C19H33N4/c1-17-16-18(6-7-19(17)20)22-11-9-21(10-12-22)8-5-15-23(2)13-3-4-14-23/h6-7,16H,3-5,8-15,20H2,1-2H3/q+1. The fourth-order valence-electron chi connectivity index (χ4n) is 4.08. The molecule has 0 radical (unpaired) electrons. The third-order valence-corrected chi connectivity index (χ3v) is 5.81. The number of rotatable bonds is 5. The van der Waals surface area contributed by atoms with Crippen molar-refractivity contribution in [2.45, 2.75) is 26.2 Å². The molecule has 0 aliphatic carbocycles. The second kappa shape index (κ2) is 7.10. The van der Waals surface area contributed by atoms with Gasteiger partial charge in [0, 0.05) is 63.4 Å². The molecule has 0 atom stereocenters. The van der Waals surface area contributed by atoms with Gasteiger partial charge in [0.2, 0.25) is 0 Å². The van der Waals surface area contributed by atoms with Crippen LogP contribution in [0.4, 0.5) is 11.4 Å². The number of anilines is 2. The molecule has 0 amide bonds. The van der Waals surface area contributed by atoms with Gasteiger partial charge >= 0.3 is 0 Å². The van der Waals surface area contributed by atoms with Crippen LogP contribution in [-0.4, -0.2) is 68.8 Å².